The van der Waals surface area contributed by atoms with Crippen molar-refractivity contribution in [1.82, 2.24) is 24.7 Å². The third-order valence-corrected chi connectivity index (χ3v) is 3.98. The van der Waals surface area contributed by atoms with Crippen LogP contribution in [0.2, 0.25) is 0 Å². The molecule has 4 aromatic rings. The van der Waals surface area contributed by atoms with Crippen LogP contribution >= 0.6 is 0 Å². The summed E-state index contributed by atoms with van der Waals surface area (Å²) >= 11 is 0. The lowest BCUT2D eigenvalue weighted by Gasteiger charge is -2.04. The predicted molar refractivity (Wildman–Crippen MR) is 92.0 cm³/mol. The van der Waals surface area contributed by atoms with Gasteiger partial charge in [0, 0.05) is 30.9 Å². The average Bonchev–Trinajstić information content (AvgIpc) is 3.15. The SMILES string of the molecule is Cc1cn2ccc(C(=O)NCCc3nc4ccc(F)cc4[nH]3)cc2n1. The predicted octanol–water partition coefficient (Wildman–Crippen LogP) is 2.63. The molecule has 0 fully saturated rings. The van der Waals surface area contributed by atoms with E-state index in [1.807, 2.05) is 23.7 Å². The number of hydrogen-bond donors (Lipinski definition) is 2. The highest BCUT2D eigenvalue weighted by Crippen LogP contribution is 2.13. The fourth-order valence-electron chi connectivity index (χ4n) is 2.80. The van der Waals surface area contributed by atoms with Gasteiger partial charge in [-0.05, 0) is 37.3 Å². The maximum absolute atomic E-state index is 13.2. The Morgan fingerprint density at radius 1 is 1.28 bits per heavy atom. The summed E-state index contributed by atoms with van der Waals surface area (Å²) in [6.45, 7) is 2.34. The number of pyridine rings is 1. The first-order chi connectivity index (χ1) is 12.1. The van der Waals surface area contributed by atoms with Crippen LogP contribution in [-0.4, -0.2) is 31.8 Å². The zero-order chi connectivity index (χ0) is 17.4. The molecule has 3 heterocycles. The number of nitrogens with one attached hydrogen (secondary N) is 2. The lowest BCUT2D eigenvalue weighted by Crippen LogP contribution is -2.26. The first-order valence-electron chi connectivity index (χ1n) is 7.96. The van der Waals surface area contributed by atoms with Gasteiger partial charge in [0.25, 0.3) is 5.91 Å². The van der Waals surface area contributed by atoms with Crippen molar-refractivity contribution >= 4 is 22.6 Å². The molecule has 0 spiro atoms. The summed E-state index contributed by atoms with van der Waals surface area (Å²) in [5, 5.41) is 2.86. The van der Waals surface area contributed by atoms with Gasteiger partial charge in [0.15, 0.2) is 0 Å². The van der Waals surface area contributed by atoms with Gasteiger partial charge in [-0.2, -0.15) is 0 Å². The molecule has 2 N–H and O–H groups in total. The van der Waals surface area contributed by atoms with Crippen LogP contribution in [0.3, 0.4) is 0 Å². The van der Waals surface area contributed by atoms with Crippen molar-refractivity contribution < 1.29 is 9.18 Å². The number of aromatic amines is 1. The number of fused-ring (bicyclic) bond motifs is 2. The van der Waals surface area contributed by atoms with Crippen LogP contribution in [0.25, 0.3) is 16.7 Å². The number of hydrogen-bond acceptors (Lipinski definition) is 3. The summed E-state index contributed by atoms with van der Waals surface area (Å²) in [6.07, 6.45) is 4.26. The van der Waals surface area contributed by atoms with Crippen molar-refractivity contribution in [2.45, 2.75) is 13.3 Å². The highest BCUT2D eigenvalue weighted by atomic mass is 19.1. The molecule has 6 nitrogen and oxygen atoms in total. The molecular weight excluding hydrogens is 321 g/mol. The zero-order valence-electron chi connectivity index (χ0n) is 13.6. The third kappa shape index (κ3) is 3.08. The molecule has 0 aliphatic rings. The van der Waals surface area contributed by atoms with Crippen molar-refractivity contribution in [3.63, 3.8) is 0 Å². The summed E-state index contributed by atoms with van der Waals surface area (Å²) in [7, 11) is 0. The monoisotopic (exact) mass is 337 g/mol. The van der Waals surface area contributed by atoms with Crippen LogP contribution < -0.4 is 5.32 Å². The fourth-order valence-corrected chi connectivity index (χ4v) is 2.80. The lowest BCUT2D eigenvalue weighted by molar-refractivity contribution is 0.0954. The largest absolute Gasteiger partial charge is 0.352 e. The van der Waals surface area contributed by atoms with E-state index in [9.17, 15) is 9.18 Å². The molecule has 0 saturated carbocycles. The van der Waals surface area contributed by atoms with Crippen molar-refractivity contribution in [3.8, 4) is 0 Å². The highest BCUT2D eigenvalue weighted by Gasteiger charge is 2.09. The van der Waals surface area contributed by atoms with Crippen molar-refractivity contribution in [3.05, 3.63) is 65.6 Å². The standard InChI is InChI=1S/C18H16FN5O/c1-11-10-24-7-5-12(8-17(24)21-11)18(25)20-6-4-16-22-14-3-2-13(19)9-15(14)23-16/h2-3,5,7-10H,4,6H2,1H3,(H,20,25)(H,22,23). The van der Waals surface area contributed by atoms with Crippen molar-refractivity contribution in [2.24, 2.45) is 0 Å². The second-order valence-corrected chi connectivity index (χ2v) is 5.91. The molecule has 126 valence electrons. The van der Waals surface area contributed by atoms with Crippen LogP contribution in [0.15, 0.2) is 42.7 Å². The number of carbonyl (C=O) groups excluding carboxylic acids is 1. The van der Waals surface area contributed by atoms with E-state index >= 15 is 0 Å². The maximum Gasteiger partial charge on any atom is 0.251 e. The minimum absolute atomic E-state index is 0.162. The minimum Gasteiger partial charge on any atom is -0.352 e. The summed E-state index contributed by atoms with van der Waals surface area (Å²) in [5.41, 5.74) is 3.57. The van der Waals surface area contributed by atoms with Gasteiger partial charge >= 0.3 is 0 Å². The molecule has 1 aromatic carbocycles. The van der Waals surface area contributed by atoms with Crippen LogP contribution in [0, 0.1) is 12.7 Å². The van der Waals surface area contributed by atoms with Crippen molar-refractivity contribution in [1.29, 1.82) is 0 Å². The second-order valence-electron chi connectivity index (χ2n) is 5.91. The van der Waals surface area contributed by atoms with Crippen LogP contribution in [-0.2, 0) is 6.42 Å². The fraction of sp³-hybridized carbons (Fsp3) is 0.167. The lowest BCUT2D eigenvalue weighted by atomic mass is 10.2. The van der Waals surface area contributed by atoms with Crippen molar-refractivity contribution in [2.75, 3.05) is 6.54 Å². The number of amides is 1. The maximum atomic E-state index is 13.2. The molecule has 3 aromatic heterocycles. The summed E-state index contributed by atoms with van der Waals surface area (Å²) in [5.74, 6) is 0.242. The van der Waals surface area contributed by atoms with E-state index in [1.165, 1.54) is 12.1 Å². The van der Waals surface area contributed by atoms with Gasteiger partial charge in [-0.25, -0.2) is 14.4 Å². The van der Waals surface area contributed by atoms with Crippen LogP contribution in [0.1, 0.15) is 21.9 Å². The number of aryl methyl sites for hydroxylation is 1. The Hall–Kier alpha value is -3.22. The first kappa shape index (κ1) is 15.3. The van der Waals surface area contributed by atoms with Gasteiger partial charge in [-0.15, -0.1) is 0 Å². The third-order valence-electron chi connectivity index (χ3n) is 3.98. The normalized spacial score (nSPS) is 11.3. The number of H-pyrrole nitrogens is 1. The highest BCUT2D eigenvalue weighted by molar-refractivity contribution is 5.95. The Kier molecular flexibility index (Phi) is 3.68. The molecule has 0 saturated heterocycles. The van der Waals surface area contributed by atoms with Gasteiger partial charge in [-0.3, -0.25) is 4.79 Å². The van der Waals surface area contributed by atoms with E-state index < -0.39 is 0 Å². The molecule has 0 aliphatic carbocycles. The second kappa shape index (κ2) is 6.01. The number of imidazole rings is 2. The molecule has 25 heavy (non-hydrogen) atoms. The van der Waals surface area contributed by atoms with E-state index in [0.29, 0.717) is 35.4 Å². The van der Waals surface area contributed by atoms with Crippen LogP contribution in [0.5, 0.6) is 0 Å². The molecule has 0 atom stereocenters. The molecule has 0 unspecified atom stereocenters. The van der Waals surface area contributed by atoms with E-state index in [0.717, 1.165) is 11.3 Å². The molecule has 7 heteroatoms. The number of aromatic nitrogens is 4. The number of carbonyl (C=O) groups is 1. The summed E-state index contributed by atoms with van der Waals surface area (Å²) < 4.78 is 15.1. The molecule has 0 radical (unpaired) electrons. The Labute approximate surface area is 142 Å². The topological polar surface area (TPSA) is 75.1 Å². The molecular formula is C18H16FN5O. The first-order valence-corrected chi connectivity index (χ1v) is 7.96. The van der Waals surface area contributed by atoms with Gasteiger partial charge in [-0.1, -0.05) is 0 Å². The number of nitrogens with zero attached hydrogens (tertiary/aromatic N) is 3. The number of halogens is 1. The minimum atomic E-state index is -0.305. The molecule has 0 aliphatic heterocycles. The summed E-state index contributed by atoms with van der Waals surface area (Å²) in [6, 6.07) is 7.93. The van der Waals surface area contributed by atoms with Crippen LogP contribution in [0.4, 0.5) is 4.39 Å². The Morgan fingerprint density at radius 2 is 2.16 bits per heavy atom. The average molecular weight is 337 g/mol. The number of rotatable bonds is 4. The Bertz CT molecular complexity index is 1080. The van der Waals surface area contributed by atoms with Gasteiger partial charge in [0.1, 0.15) is 17.3 Å². The molecule has 0 bridgehead atoms. The van der Waals surface area contributed by atoms with Gasteiger partial charge in [0.05, 0.1) is 16.7 Å². The number of benzene rings is 1. The van der Waals surface area contributed by atoms with Gasteiger partial charge < -0.3 is 14.7 Å². The quantitative estimate of drug-likeness (QED) is 0.601. The Morgan fingerprint density at radius 3 is 3.04 bits per heavy atom. The molecule has 4 rings (SSSR count). The van der Waals surface area contributed by atoms with E-state index in [4.69, 9.17) is 0 Å². The Balaban J connectivity index is 1.41. The molecule has 1 amide bonds. The zero-order valence-corrected chi connectivity index (χ0v) is 13.6. The van der Waals surface area contributed by atoms with E-state index in [-0.39, 0.29) is 11.7 Å². The van der Waals surface area contributed by atoms with Gasteiger partial charge in [0.2, 0.25) is 0 Å². The summed E-state index contributed by atoms with van der Waals surface area (Å²) in [4.78, 5) is 24.1. The van der Waals surface area contributed by atoms with E-state index in [1.54, 1.807) is 18.2 Å². The smallest absolute Gasteiger partial charge is 0.251 e. The van der Waals surface area contributed by atoms with E-state index in [2.05, 4.69) is 20.3 Å².